The van der Waals surface area contributed by atoms with Gasteiger partial charge in [0, 0.05) is 31.4 Å². The lowest BCUT2D eigenvalue weighted by molar-refractivity contribution is -0.132. The van der Waals surface area contributed by atoms with E-state index in [1.165, 1.54) is 0 Å². The van der Waals surface area contributed by atoms with Crippen molar-refractivity contribution >= 4 is 35.1 Å². The monoisotopic (exact) mass is 379 g/mol. The fraction of sp³-hybridized carbons (Fsp3) is 0.500. The summed E-state index contributed by atoms with van der Waals surface area (Å²) in [7, 11) is 1.96. The van der Waals surface area contributed by atoms with Gasteiger partial charge in [-0.3, -0.25) is 14.7 Å². The molecule has 3 rings (SSSR count). The Morgan fingerprint density at radius 3 is 2.73 bits per heavy atom. The number of rotatable bonds is 6. The van der Waals surface area contributed by atoms with Crippen LogP contribution in [-0.4, -0.2) is 60.1 Å². The number of benzene rings is 1. The van der Waals surface area contributed by atoms with Crippen LogP contribution in [0.4, 0.5) is 0 Å². The normalized spacial score (nSPS) is 14.9. The third kappa shape index (κ3) is 4.74. The molecule has 0 aliphatic carbocycles. The molecule has 0 spiro atoms. The van der Waals surface area contributed by atoms with Gasteiger partial charge in [0.05, 0.1) is 5.52 Å². The lowest BCUT2D eigenvalue weighted by atomic mass is 9.96. The highest BCUT2D eigenvalue weighted by Crippen LogP contribution is 2.17. The second-order valence-corrected chi connectivity index (χ2v) is 6.51. The van der Waals surface area contributed by atoms with Gasteiger partial charge in [-0.2, -0.15) is 5.10 Å². The first kappa shape index (κ1) is 20.2. The van der Waals surface area contributed by atoms with Crippen molar-refractivity contribution in [3.05, 3.63) is 30.0 Å². The van der Waals surface area contributed by atoms with E-state index in [4.69, 9.17) is 0 Å². The highest BCUT2D eigenvalue weighted by molar-refractivity contribution is 6.04. The molecule has 1 fully saturated rings. The minimum absolute atomic E-state index is 0. The van der Waals surface area contributed by atoms with E-state index in [0.29, 0.717) is 24.6 Å². The zero-order chi connectivity index (χ0) is 17.6. The van der Waals surface area contributed by atoms with Crippen LogP contribution in [0.1, 0.15) is 29.8 Å². The minimum atomic E-state index is -0.252. The molecular formula is C18H26ClN5O2. The van der Waals surface area contributed by atoms with Crippen LogP contribution in [-0.2, 0) is 4.79 Å². The van der Waals surface area contributed by atoms with Gasteiger partial charge < -0.3 is 15.5 Å². The van der Waals surface area contributed by atoms with E-state index in [0.717, 1.165) is 43.4 Å². The third-order valence-electron chi connectivity index (χ3n) is 4.77. The number of amides is 2. The number of hydrogen-bond donors (Lipinski definition) is 3. The van der Waals surface area contributed by atoms with E-state index < -0.39 is 0 Å². The van der Waals surface area contributed by atoms with E-state index in [1.807, 2.05) is 36.2 Å². The van der Waals surface area contributed by atoms with Crippen molar-refractivity contribution in [1.29, 1.82) is 0 Å². The van der Waals surface area contributed by atoms with Gasteiger partial charge >= 0.3 is 0 Å². The average molecular weight is 380 g/mol. The number of fused-ring (bicyclic) bond motifs is 1. The smallest absolute Gasteiger partial charge is 0.272 e. The van der Waals surface area contributed by atoms with Gasteiger partial charge in [-0.1, -0.05) is 18.2 Å². The van der Waals surface area contributed by atoms with Crippen LogP contribution in [0.15, 0.2) is 24.3 Å². The van der Waals surface area contributed by atoms with Crippen LogP contribution in [0.5, 0.6) is 0 Å². The molecule has 2 amide bonds. The van der Waals surface area contributed by atoms with E-state index in [-0.39, 0.29) is 24.2 Å². The minimum Gasteiger partial charge on any atom is -0.350 e. The maximum absolute atomic E-state index is 12.3. The summed E-state index contributed by atoms with van der Waals surface area (Å²) in [6.45, 7) is 2.96. The molecule has 1 aromatic heterocycles. The Kier molecular flexibility index (Phi) is 7.41. The van der Waals surface area contributed by atoms with Crippen molar-refractivity contribution in [2.45, 2.75) is 19.3 Å². The van der Waals surface area contributed by atoms with Crippen molar-refractivity contribution in [1.82, 2.24) is 25.7 Å². The highest BCUT2D eigenvalue weighted by Gasteiger charge is 2.22. The second-order valence-electron chi connectivity index (χ2n) is 6.51. The van der Waals surface area contributed by atoms with Crippen molar-refractivity contribution < 1.29 is 9.59 Å². The Morgan fingerprint density at radius 2 is 2.00 bits per heavy atom. The molecule has 0 atom stereocenters. The molecule has 8 heteroatoms. The molecule has 1 aromatic carbocycles. The van der Waals surface area contributed by atoms with Crippen LogP contribution < -0.4 is 10.6 Å². The van der Waals surface area contributed by atoms with E-state index in [2.05, 4.69) is 20.8 Å². The first-order valence-corrected chi connectivity index (χ1v) is 8.82. The van der Waals surface area contributed by atoms with Gasteiger partial charge in [0.15, 0.2) is 5.69 Å². The number of carbonyl (C=O) groups is 2. The number of hydrogen-bond acceptors (Lipinski definition) is 4. The third-order valence-corrected chi connectivity index (χ3v) is 4.77. The lowest BCUT2D eigenvalue weighted by Crippen LogP contribution is -2.41. The van der Waals surface area contributed by atoms with Crippen LogP contribution in [0, 0.1) is 5.92 Å². The van der Waals surface area contributed by atoms with Gasteiger partial charge in [-0.05, 0) is 38.4 Å². The van der Waals surface area contributed by atoms with E-state index >= 15 is 0 Å². The number of para-hydroxylation sites is 1. The molecule has 1 saturated heterocycles. The highest BCUT2D eigenvalue weighted by atomic mass is 35.5. The summed E-state index contributed by atoms with van der Waals surface area (Å²) in [5, 5.41) is 13.7. The second kappa shape index (κ2) is 9.54. The summed E-state index contributed by atoms with van der Waals surface area (Å²) in [6.07, 6.45) is 2.40. The maximum atomic E-state index is 12.3. The summed E-state index contributed by atoms with van der Waals surface area (Å²) in [5.74, 6) is 0.509. The SMILES string of the molecule is CNCC1CCN(C(=O)CCNC(=O)c2n[nH]c3ccccc23)CC1.Cl. The van der Waals surface area contributed by atoms with Gasteiger partial charge in [-0.25, -0.2) is 0 Å². The van der Waals surface area contributed by atoms with Crippen molar-refractivity contribution in [2.24, 2.45) is 5.92 Å². The van der Waals surface area contributed by atoms with Crippen LogP contribution >= 0.6 is 12.4 Å². The molecule has 26 heavy (non-hydrogen) atoms. The van der Waals surface area contributed by atoms with Crippen LogP contribution in [0.3, 0.4) is 0 Å². The summed E-state index contributed by atoms with van der Waals surface area (Å²) < 4.78 is 0. The van der Waals surface area contributed by atoms with Gasteiger partial charge in [0.2, 0.25) is 5.91 Å². The van der Waals surface area contributed by atoms with Crippen molar-refractivity contribution in [3.63, 3.8) is 0 Å². The molecule has 1 aliphatic rings. The van der Waals surface area contributed by atoms with Crippen molar-refractivity contribution in [3.8, 4) is 0 Å². The van der Waals surface area contributed by atoms with E-state index in [9.17, 15) is 9.59 Å². The number of H-pyrrole nitrogens is 1. The molecular weight excluding hydrogens is 354 g/mol. The Bertz CT molecular complexity index is 740. The Labute approximate surface area is 159 Å². The number of piperidine rings is 1. The predicted molar refractivity (Wildman–Crippen MR) is 104 cm³/mol. The Balaban J connectivity index is 0.00000243. The number of nitrogens with zero attached hydrogens (tertiary/aromatic N) is 2. The summed E-state index contributed by atoms with van der Waals surface area (Å²) in [6, 6.07) is 7.49. The number of carbonyl (C=O) groups excluding carboxylic acids is 2. The Hall–Kier alpha value is -2.12. The summed E-state index contributed by atoms with van der Waals surface area (Å²) in [5.41, 5.74) is 1.20. The predicted octanol–water partition coefficient (Wildman–Crippen LogP) is 1.56. The summed E-state index contributed by atoms with van der Waals surface area (Å²) >= 11 is 0. The standard InChI is InChI=1S/C18H25N5O2.ClH/c1-19-12-13-7-10-23(11-8-13)16(24)6-9-20-18(25)17-14-4-2-3-5-15(14)21-22-17;/h2-5,13,19H,6-12H2,1H3,(H,20,25)(H,21,22);1H. The number of halogens is 1. The largest absolute Gasteiger partial charge is 0.350 e. The lowest BCUT2D eigenvalue weighted by Gasteiger charge is -2.32. The van der Waals surface area contributed by atoms with Gasteiger partial charge in [0.25, 0.3) is 5.91 Å². The van der Waals surface area contributed by atoms with Crippen LogP contribution in [0.2, 0.25) is 0 Å². The number of likely N-dealkylation sites (tertiary alicyclic amines) is 1. The quantitative estimate of drug-likeness (QED) is 0.710. The zero-order valence-corrected chi connectivity index (χ0v) is 15.8. The van der Waals surface area contributed by atoms with E-state index in [1.54, 1.807) is 0 Å². The number of nitrogens with one attached hydrogen (secondary N) is 3. The summed E-state index contributed by atoms with van der Waals surface area (Å²) in [4.78, 5) is 26.5. The molecule has 142 valence electrons. The van der Waals surface area contributed by atoms with Crippen molar-refractivity contribution in [2.75, 3.05) is 33.2 Å². The average Bonchev–Trinajstić information content (AvgIpc) is 3.06. The molecule has 2 heterocycles. The molecule has 3 N–H and O–H groups in total. The molecule has 0 radical (unpaired) electrons. The number of aromatic nitrogens is 2. The maximum Gasteiger partial charge on any atom is 0.272 e. The van der Waals surface area contributed by atoms with Crippen LogP contribution in [0.25, 0.3) is 10.9 Å². The Morgan fingerprint density at radius 1 is 1.27 bits per heavy atom. The first-order valence-electron chi connectivity index (χ1n) is 8.82. The van der Waals surface area contributed by atoms with Gasteiger partial charge in [-0.15, -0.1) is 12.4 Å². The number of aromatic amines is 1. The topological polar surface area (TPSA) is 90.1 Å². The molecule has 1 aliphatic heterocycles. The molecule has 0 bridgehead atoms. The first-order chi connectivity index (χ1) is 12.2. The molecule has 2 aromatic rings. The fourth-order valence-electron chi connectivity index (χ4n) is 3.34. The van der Waals surface area contributed by atoms with Gasteiger partial charge in [0.1, 0.15) is 0 Å². The zero-order valence-electron chi connectivity index (χ0n) is 15.0. The molecule has 0 unspecified atom stereocenters. The molecule has 7 nitrogen and oxygen atoms in total. The fourth-order valence-corrected chi connectivity index (χ4v) is 3.34. The molecule has 0 saturated carbocycles.